The van der Waals surface area contributed by atoms with Crippen molar-refractivity contribution >= 4 is 23.6 Å². The molecule has 1 unspecified atom stereocenters. The second kappa shape index (κ2) is 9.03. The molecule has 0 saturated carbocycles. The molecule has 0 bridgehead atoms. The van der Waals surface area contributed by atoms with Gasteiger partial charge in [0.1, 0.15) is 0 Å². The number of unbranched alkanes of at least 4 members (excludes halogenated alkanes) is 1. The highest BCUT2D eigenvalue weighted by Gasteiger charge is 2.35. The van der Waals surface area contributed by atoms with Gasteiger partial charge in [-0.05, 0) is 43.5 Å². The van der Waals surface area contributed by atoms with E-state index in [1.54, 1.807) is 12.1 Å². The Bertz CT molecular complexity index is 993. The zero-order chi connectivity index (χ0) is 21.8. The summed E-state index contributed by atoms with van der Waals surface area (Å²) in [7, 11) is 0. The van der Waals surface area contributed by atoms with Gasteiger partial charge in [0.15, 0.2) is 6.10 Å². The molecule has 3 rings (SSSR count). The predicted octanol–water partition coefficient (Wildman–Crippen LogP) is 4.07. The van der Waals surface area contributed by atoms with E-state index in [1.807, 2.05) is 26.0 Å². The van der Waals surface area contributed by atoms with Crippen molar-refractivity contribution in [3.63, 3.8) is 0 Å². The summed E-state index contributed by atoms with van der Waals surface area (Å²) in [6, 6.07) is 11.5. The molecule has 1 aliphatic rings. The molecule has 1 atom stereocenters. The summed E-state index contributed by atoms with van der Waals surface area (Å²) < 4.78 is 5.32. The Morgan fingerprint density at radius 1 is 0.933 bits per heavy atom. The second-order valence-corrected chi connectivity index (χ2v) is 7.34. The number of hydrogen-bond acceptors (Lipinski definition) is 5. The zero-order valence-electron chi connectivity index (χ0n) is 17.4. The summed E-state index contributed by atoms with van der Waals surface area (Å²) >= 11 is 0. The highest BCUT2D eigenvalue weighted by molar-refractivity contribution is 6.22. The van der Waals surface area contributed by atoms with Crippen molar-refractivity contribution in [2.45, 2.75) is 46.1 Å². The fourth-order valence-electron chi connectivity index (χ4n) is 3.36. The largest absolute Gasteiger partial charge is 0.451 e. The number of ketones is 1. The van der Waals surface area contributed by atoms with Crippen LogP contribution < -0.4 is 0 Å². The first-order chi connectivity index (χ1) is 14.4. The Morgan fingerprint density at radius 3 is 2.20 bits per heavy atom. The quantitative estimate of drug-likeness (QED) is 0.374. The lowest BCUT2D eigenvalue weighted by Crippen LogP contribution is -2.30. The van der Waals surface area contributed by atoms with Crippen LogP contribution in [-0.4, -0.2) is 41.1 Å². The lowest BCUT2D eigenvalue weighted by molar-refractivity contribution is 0.0318. The molecule has 2 aromatic carbocycles. The predicted molar refractivity (Wildman–Crippen MR) is 112 cm³/mol. The molecule has 6 heteroatoms. The Labute approximate surface area is 175 Å². The first-order valence-corrected chi connectivity index (χ1v) is 10.2. The Hall–Kier alpha value is -3.28. The van der Waals surface area contributed by atoms with Crippen LogP contribution in [0.25, 0.3) is 0 Å². The van der Waals surface area contributed by atoms with Crippen molar-refractivity contribution in [2.24, 2.45) is 0 Å². The van der Waals surface area contributed by atoms with Gasteiger partial charge in [0.25, 0.3) is 11.8 Å². The van der Waals surface area contributed by atoms with Crippen LogP contribution in [0.5, 0.6) is 0 Å². The standard InChI is InChI=1S/C24H25NO5/c1-4-6-13-25-22(27)19-12-11-18(14-20(19)23(25)28)24(29)30-15(3)21(26)17-9-7-16(5-2)8-10-17/h7-12,14-15H,4-6,13H2,1-3H3. The van der Waals surface area contributed by atoms with Crippen molar-refractivity contribution in [1.29, 1.82) is 0 Å². The van der Waals surface area contributed by atoms with Gasteiger partial charge in [-0.1, -0.05) is 44.5 Å². The van der Waals surface area contributed by atoms with Gasteiger partial charge in [0.05, 0.1) is 16.7 Å². The molecule has 2 aromatic rings. The van der Waals surface area contributed by atoms with E-state index < -0.39 is 18.0 Å². The fraction of sp³-hybridized carbons (Fsp3) is 0.333. The molecule has 0 N–H and O–H groups in total. The molecule has 0 spiro atoms. The second-order valence-electron chi connectivity index (χ2n) is 7.34. The smallest absolute Gasteiger partial charge is 0.338 e. The first kappa shape index (κ1) is 21.4. The lowest BCUT2D eigenvalue weighted by atomic mass is 10.0. The third kappa shape index (κ3) is 4.17. The number of carbonyl (C=O) groups is 4. The van der Waals surface area contributed by atoms with E-state index in [0.29, 0.717) is 12.1 Å². The molecule has 0 aromatic heterocycles. The average molecular weight is 407 g/mol. The van der Waals surface area contributed by atoms with E-state index in [4.69, 9.17) is 4.74 Å². The van der Waals surface area contributed by atoms with E-state index >= 15 is 0 Å². The van der Waals surface area contributed by atoms with Crippen LogP contribution in [0.4, 0.5) is 0 Å². The maximum absolute atomic E-state index is 12.6. The lowest BCUT2D eigenvalue weighted by Gasteiger charge is -2.13. The number of imide groups is 1. The number of amides is 2. The third-order valence-corrected chi connectivity index (χ3v) is 5.24. The fourth-order valence-corrected chi connectivity index (χ4v) is 3.36. The number of ether oxygens (including phenoxy) is 1. The Kier molecular flexibility index (Phi) is 6.45. The minimum absolute atomic E-state index is 0.133. The van der Waals surface area contributed by atoms with Crippen molar-refractivity contribution < 1.29 is 23.9 Å². The van der Waals surface area contributed by atoms with E-state index in [1.165, 1.54) is 30.0 Å². The van der Waals surface area contributed by atoms with Crippen LogP contribution in [0.2, 0.25) is 0 Å². The van der Waals surface area contributed by atoms with Crippen molar-refractivity contribution in [3.05, 3.63) is 70.3 Å². The van der Waals surface area contributed by atoms with Crippen LogP contribution >= 0.6 is 0 Å². The highest BCUT2D eigenvalue weighted by atomic mass is 16.5. The zero-order valence-corrected chi connectivity index (χ0v) is 17.4. The van der Waals surface area contributed by atoms with Crippen molar-refractivity contribution in [1.82, 2.24) is 4.90 Å². The average Bonchev–Trinajstić information content (AvgIpc) is 3.00. The van der Waals surface area contributed by atoms with Gasteiger partial charge in [0.2, 0.25) is 5.78 Å². The van der Waals surface area contributed by atoms with E-state index in [9.17, 15) is 19.2 Å². The monoisotopic (exact) mass is 407 g/mol. The number of fused-ring (bicyclic) bond motifs is 1. The normalized spacial score (nSPS) is 13.9. The van der Waals surface area contributed by atoms with Crippen LogP contribution in [0.3, 0.4) is 0 Å². The summed E-state index contributed by atoms with van der Waals surface area (Å²) in [5.41, 5.74) is 2.19. The number of carbonyl (C=O) groups excluding carboxylic acids is 4. The number of rotatable bonds is 8. The van der Waals surface area contributed by atoms with Gasteiger partial charge in [0, 0.05) is 12.1 Å². The molecule has 1 heterocycles. The molecule has 156 valence electrons. The van der Waals surface area contributed by atoms with E-state index in [2.05, 4.69) is 0 Å². The van der Waals surface area contributed by atoms with Crippen LogP contribution in [-0.2, 0) is 11.2 Å². The SMILES string of the molecule is CCCCN1C(=O)c2ccc(C(=O)OC(C)C(=O)c3ccc(CC)cc3)cc2C1=O. The van der Waals surface area contributed by atoms with Gasteiger partial charge < -0.3 is 4.74 Å². The molecule has 2 amide bonds. The van der Waals surface area contributed by atoms with Crippen LogP contribution in [0.1, 0.15) is 80.6 Å². The first-order valence-electron chi connectivity index (χ1n) is 10.2. The highest BCUT2D eigenvalue weighted by Crippen LogP contribution is 2.25. The molecular weight excluding hydrogens is 382 g/mol. The van der Waals surface area contributed by atoms with Gasteiger partial charge in [-0.3, -0.25) is 19.3 Å². The summed E-state index contributed by atoms with van der Waals surface area (Å²) in [6.07, 6.45) is 1.47. The number of hydrogen-bond donors (Lipinski definition) is 0. The number of Topliss-reactive ketones (excluding diaryl/α,β-unsaturated/α-hetero) is 1. The Morgan fingerprint density at radius 2 is 1.57 bits per heavy atom. The molecule has 1 aliphatic heterocycles. The molecule has 30 heavy (non-hydrogen) atoms. The van der Waals surface area contributed by atoms with Crippen molar-refractivity contribution in [2.75, 3.05) is 6.54 Å². The summed E-state index contributed by atoms with van der Waals surface area (Å²) in [6.45, 7) is 5.87. The van der Waals surface area contributed by atoms with Gasteiger partial charge >= 0.3 is 5.97 Å². The number of benzene rings is 2. The number of aryl methyl sites for hydroxylation is 1. The van der Waals surface area contributed by atoms with Crippen molar-refractivity contribution in [3.8, 4) is 0 Å². The minimum atomic E-state index is -0.975. The number of esters is 1. The molecule has 0 saturated heterocycles. The molecule has 6 nitrogen and oxygen atoms in total. The van der Waals surface area contributed by atoms with Crippen LogP contribution in [0.15, 0.2) is 42.5 Å². The molecular formula is C24H25NO5. The topological polar surface area (TPSA) is 80.8 Å². The van der Waals surface area contributed by atoms with Gasteiger partial charge in [-0.25, -0.2) is 4.79 Å². The number of nitrogens with zero attached hydrogens (tertiary/aromatic N) is 1. The molecule has 0 aliphatic carbocycles. The maximum atomic E-state index is 12.6. The minimum Gasteiger partial charge on any atom is -0.451 e. The van der Waals surface area contributed by atoms with E-state index in [-0.39, 0.29) is 28.4 Å². The summed E-state index contributed by atoms with van der Waals surface area (Å²) in [5.74, 6) is -1.76. The maximum Gasteiger partial charge on any atom is 0.338 e. The Balaban J connectivity index is 1.72. The van der Waals surface area contributed by atoms with Gasteiger partial charge in [-0.2, -0.15) is 0 Å². The third-order valence-electron chi connectivity index (χ3n) is 5.24. The summed E-state index contributed by atoms with van der Waals surface area (Å²) in [4.78, 5) is 51.3. The van der Waals surface area contributed by atoms with Crippen LogP contribution in [0, 0.1) is 0 Å². The van der Waals surface area contributed by atoms with Gasteiger partial charge in [-0.15, -0.1) is 0 Å². The molecule has 0 radical (unpaired) electrons. The summed E-state index contributed by atoms with van der Waals surface area (Å²) in [5, 5.41) is 0. The van der Waals surface area contributed by atoms with E-state index in [0.717, 1.165) is 24.8 Å². The molecule has 0 fully saturated rings.